The molecule has 67 heavy (non-hydrogen) atoms. The van der Waals surface area contributed by atoms with Crippen LogP contribution in [-0.2, 0) is 59.4 Å². The number of methoxy groups -OCH3 is 2. The maximum Gasteiger partial charge on any atom is 0.328 e. The summed E-state index contributed by atoms with van der Waals surface area (Å²) < 4.78 is 49.5. The monoisotopic (exact) mass is 951 g/mol. The van der Waals surface area contributed by atoms with Gasteiger partial charge >= 0.3 is 12.0 Å². The molecule has 1 saturated heterocycles. The number of nitrogens with one attached hydrogen (secondary N) is 5. The van der Waals surface area contributed by atoms with Crippen LogP contribution in [0.5, 0.6) is 0 Å². The van der Waals surface area contributed by atoms with E-state index in [2.05, 4.69) is 26.6 Å². The van der Waals surface area contributed by atoms with Gasteiger partial charge in [-0.15, -0.1) is 0 Å². The highest BCUT2D eigenvalue weighted by Gasteiger charge is 2.45. The maximum atomic E-state index is 14.0. The largest absolute Gasteiger partial charge is 0.467 e. The minimum atomic E-state index is -4.25. The van der Waals surface area contributed by atoms with Crippen LogP contribution >= 0.6 is 0 Å². The van der Waals surface area contributed by atoms with Crippen molar-refractivity contribution in [3.05, 3.63) is 90.0 Å². The van der Waals surface area contributed by atoms with Crippen LogP contribution in [0.25, 0.3) is 0 Å². The summed E-state index contributed by atoms with van der Waals surface area (Å²) in [5.74, 6) is -2.82. The minimum absolute atomic E-state index is 0.0149. The fraction of sp³-hybridized carbons (Fsp3) is 0.489. The van der Waals surface area contributed by atoms with Gasteiger partial charge in [-0.1, -0.05) is 62.4 Å². The molecule has 3 aromatic rings. The fourth-order valence-electron chi connectivity index (χ4n) is 7.25. The minimum Gasteiger partial charge on any atom is -0.467 e. The summed E-state index contributed by atoms with van der Waals surface area (Å²) in [5.41, 5.74) is 2.78. The highest BCUT2D eigenvalue weighted by atomic mass is 32.2. The van der Waals surface area contributed by atoms with Crippen molar-refractivity contribution in [3.63, 3.8) is 0 Å². The Bertz CT molecular complexity index is 2210. The third-order valence-corrected chi connectivity index (χ3v) is 12.8. The molecule has 1 unspecified atom stereocenters. The van der Waals surface area contributed by atoms with Crippen molar-refractivity contribution >= 4 is 57.0 Å². The quantitative estimate of drug-likeness (QED) is 0.0576. The number of hydrogen-bond acceptors (Lipinski definition) is 12. The second-order valence-electron chi connectivity index (χ2n) is 16.5. The number of anilines is 2. The molecule has 0 bridgehead atoms. The second-order valence-corrected chi connectivity index (χ2v) is 18.3. The van der Waals surface area contributed by atoms with Gasteiger partial charge in [-0.05, 0) is 73.6 Å². The first kappa shape index (κ1) is 53.7. The Balaban J connectivity index is 1.35. The summed E-state index contributed by atoms with van der Waals surface area (Å²) in [4.78, 5) is 81.0. The fourth-order valence-corrected chi connectivity index (χ4v) is 8.92. The topological polar surface area (TPSA) is 240 Å². The zero-order valence-electron chi connectivity index (χ0n) is 39.1. The zero-order valence-corrected chi connectivity index (χ0v) is 39.9. The number of rotatable bonds is 26. The van der Waals surface area contributed by atoms with E-state index in [0.717, 1.165) is 17.0 Å². The molecule has 0 saturated carbocycles. The van der Waals surface area contributed by atoms with E-state index in [-0.39, 0.29) is 68.7 Å². The van der Waals surface area contributed by atoms with Crippen LogP contribution in [0.15, 0.2) is 83.8 Å². The van der Waals surface area contributed by atoms with Gasteiger partial charge in [-0.25, -0.2) is 18.0 Å². The maximum absolute atomic E-state index is 14.0. The first-order valence-corrected chi connectivity index (χ1v) is 23.6. The molecule has 4 atom stereocenters. The third kappa shape index (κ3) is 17.0. The number of likely N-dealkylation sites (N-methyl/N-ethyl adjacent to an activating group) is 1. The van der Waals surface area contributed by atoms with Gasteiger partial charge in [0.05, 0.1) is 51.5 Å². The molecule has 1 aliphatic heterocycles. The van der Waals surface area contributed by atoms with E-state index in [4.69, 9.17) is 18.9 Å². The van der Waals surface area contributed by atoms with Crippen LogP contribution in [0.1, 0.15) is 50.7 Å². The number of urea groups is 1. The first-order valence-electron chi connectivity index (χ1n) is 22.2. The number of para-hydroxylation sites is 1. The Hall–Kier alpha value is -5.93. The summed E-state index contributed by atoms with van der Waals surface area (Å²) in [6.45, 7) is 6.94. The standard InChI is InChI=1S/C47H65N7O12S/c1-32(2)28-40(53(4)43(56)29-34-16-18-35(19-17-34)50-47(60)52-38-15-11-10-12-33(38)3)44(57)48-22-20-39(46(59)64-6)51-45(58)41-30-36(31-54(41)67(61,62)37-13-8-7-9-14-37)49-42(55)21-23-65-26-27-66-25-24-63-5/h7-19,32,36,39-41H,20-31H2,1-6H3,(H,48,57)(H,49,55)(H,51,58)(H2,50,52,60)/t36-,39+,40+,41?/m1/s1. The molecule has 3 aromatic carbocycles. The van der Waals surface area contributed by atoms with Gasteiger partial charge < -0.3 is 50.4 Å². The number of aryl methyl sites for hydroxylation is 1. The number of amides is 6. The predicted molar refractivity (Wildman–Crippen MR) is 250 cm³/mol. The van der Waals surface area contributed by atoms with E-state index in [1.807, 2.05) is 39.0 Å². The zero-order chi connectivity index (χ0) is 48.9. The molecule has 366 valence electrons. The molecule has 1 heterocycles. The lowest BCUT2D eigenvalue weighted by molar-refractivity contribution is -0.145. The van der Waals surface area contributed by atoms with Crippen molar-refractivity contribution < 1.29 is 56.1 Å². The highest BCUT2D eigenvalue weighted by molar-refractivity contribution is 7.89. The van der Waals surface area contributed by atoms with E-state index >= 15 is 0 Å². The highest BCUT2D eigenvalue weighted by Crippen LogP contribution is 2.27. The normalized spacial score (nSPS) is 15.8. The molecule has 0 radical (unpaired) electrons. The van der Waals surface area contributed by atoms with Crippen LogP contribution in [0.3, 0.4) is 0 Å². The molecule has 0 aromatic heterocycles. The van der Waals surface area contributed by atoms with Gasteiger partial charge in [-0.3, -0.25) is 19.2 Å². The van der Waals surface area contributed by atoms with Crippen molar-refractivity contribution in [3.8, 4) is 0 Å². The van der Waals surface area contributed by atoms with Crippen molar-refractivity contribution in [2.75, 3.05) is 78.0 Å². The van der Waals surface area contributed by atoms with Crippen LogP contribution < -0.4 is 26.6 Å². The molecule has 0 spiro atoms. The Kier molecular flexibility index (Phi) is 21.7. The van der Waals surface area contributed by atoms with E-state index in [9.17, 15) is 37.2 Å². The molecular formula is C47H65N7O12S. The molecule has 0 aliphatic carbocycles. The smallest absolute Gasteiger partial charge is 0.328 e. The molecule has 20 heteroatoms. The lowest BCUT2D eigenvalue weighted by atomic mass is 10.0. The summed E-state index contributed by atoms with van der Waals surface area (Å²) in [7, 11) is -0.00115. The number of nitrogens with zero attached hydrogens (tertiary/aromatic N) is 2. The third-order valence-electron chi connectivity index (χ3n) is 10.9. The van der Waals surface area contributed by atoms with Gasteiger partial charge in [0, 0.05) is 51.1 Å². The molecular weight excluding hydrogens is 887 g/mol. The van der Waals surface area contributed by atoms with Gasteiger partial charge in [0.15, 0.2) is 0 Å². The van der Waals surface area contributed by atoms with Gasteiger partial charge in [0.1, 0.15) is 18.1 Å². The van der Waals surface area contributed by atoms with Crippen molar-refractivity contribution in [1.29, 1.82) is 0 Å². The van der Waals surface area contributed by atoms with E-state index in [1.165, 1.54) is 17.0 Å². The molecule has 6 amide bonds. The number of benzene rings is 3. The van der Waals surface area contributed by atoms with E-state index in [1.54, 1.807) is 62.7 Å². The molecule has 19 nitrogen and oxygen atoms in total. The van der Waals surface area contributed by atoms with Crippen LogP contribution in [0.2, 0.25) is 0 Å². The number of hydrogen-bond donors (Lipinski definition) is 5. The van der Waals surface area contributed by atoms with Crippen molar-refractivity contribution in [2.24, 2.45) is 5.92 Å². The predicted octanol–water partition coefficient (Wildman–Crippen LogP) is 3.24. The lowest BCUT2D eigenvalue weighted by Gasteiger charge is -2.29. The lowest BCUT2D eigenvalue weighted by Crippen LogP contribution is -2.52. The Morgan fingerprint density at radius 1 is 0.836 bits per heavy atom. The molecule has 4 rings (SSSR count). The average molecular weight is 952 g/mol. The van der Waals surface area contributed by atoms with Crippen LogP contribution in [-0.4, -0.2) is 145 Å². The number of carbonyl (C=O) groups excluding carboxylic acids is 6. The average Bonchev–Trinajstić information content (AvgIpc) is 3.74. The van der Waals surface area contributed by atoms with Gasteiger partial charge in [-0.2, -0.15) is 4.31 Å². The van der Waals surface area contributed by atoms with Crippen LogP contribution in [0.4, 0.5) is 16.2 Å². The Labute approximate surface area is 393 Å². The van der Waals surface area contributed by atoms with Gasteiger partial charge in [0.25, 0.3) is 0 Å². The van der Waals surface area contributed by atoms with E-state index in [0.29, 0.717) is 43.2 Å². The Morgan fingerprint density at radius 3 is 2.15 bits per heavy atom. The number of ether oxygens (including phenoxy) is 4. The number of carbonyl (C=O) groups is 6. The number of esters is 1. The summed E-state index contributed by atoms with van der Waals surface area (Å²) in [5, 5.41) is 13.8. The van der Waals surface area contributed by atoms with Crippen molar-refractivity contribution in [1.82, 2.24) is 25.2 Å². The summed E-state index contributed by atoms with van der Waals surface area (Å²) in [6, 6.07) is 17.1. The first-order chi connectivity index (χ1) is 32.0. The molecule has 5 N–H and O–H groups in total. The summed E-state index contributed by atoms with van der Waals surface area (Å²) >= 11 is 0. The summed E-state index contributed by atoms with van der Waals surface area (Å²) in [6.07, 6.45) is 0.0702. The van der Waals surface area contributed by atoms with Crippen molar-refractivity contribution in [2.45, 2.75) is 81.9 Å². The Morgan fingerprint density at radius 2 is 1.49 bits per heavy atom. The second kappa shape index (κ2) is 27.0. The molecule has 1 fully saturated rings. The SMILES string of the molecule is COCCOCCOCCC(=O)N[C@@H]1CC(C(=O)N[C@@H](CCNC(=O)[C@H](CC(C)C)N(C)C(=O)Cc2ccc(NC(=O)Nc3ccccc3C)cc2)C(=O)OC)N(S(=O)(=O)c2ccccc2)C1. The van der Waals surface area contributed by atoms with Crippen LogP contribution in [0, 0.1) is 12.8 Å². The molecule has 1 aliphatic rings. The van der Waals surface area contributed by atoms with E-state index < -0.39 is 63.9 Å². The van der Waals surface area contributed by atoms with Gasteiger partial charge in [0.2, 0.25) is 33.7 Å². The number of sulfonamides is 1.